The van der Waals surface area contributed by atoms with Crippen LogP contribution in [0.15, 0.2) is 42.5 Å². The zero-order valence-corrected chi connectivity index (χ0v) is 15.2. The quantitative estimate of drug-likeness (QED) is 0.761. The van der Waals surface area contributed by atoms with E-state index in [9.17, 15) is 5.11 Å². The summed E-state index contributed by atoms with van der Waals surface area (Å²) in [6.07, 6.45) is 0. The topological polar surface area (TPSA) is 38.7 Å². The first-order valence-electron chi connectivity index (χ1n) is 7.58. The summed E-state index contributed by atoms with van der Waals surface area (Å²) in [6.45, 7) is 3.24. The van der Waals surface area contributed by atoms with Gasteiger partial charge in [-0.2, -0.15) is 0 Å². The summed E-state index contributed by atoms with van der Waals surface area (Å²) >= 11 is 17.7. The van der Waals surface area contributed by atoms with Crippen LogP contribution >= 0.6 is 35.4 Å². The van der Waals surface area contributed by atoms with Crippen molar-refractivity contribution < 1.29 is 5.11 Å². The molecular weight excluding hydrogens is 365 g/mol. The fourth-order valence-electron chi connectivity index (χ4n) is 2.65. The number of hydrogen-bond donors (Lipinski definition) is 2. The third-order valence-corrected chi connectivity index (χ3v) is 5.13. The second kappa shape index (κ2) is 7.47. The van der Waals surface area contributed by atoms with Crippen LogP contribution < -0.4 is 10.2 Å². The Balaban J connectivity index is 1.60. The third-order valence-electron chi connectivity index (χ3n) is 3.95. The van der Waals surface area contributed by atoms with E-state index in [1.807, 2.05) is 24.3 Å². The second-order valence-electron chi connectivity index (χ2n) is 5.53. The summed E-state index contributed by atoms with van der Waals surface area (Å²) in [5.41, 5.74) is 1.73. The summed E-state index contributed by atoms with van der Waals surface area (Å²) in [5, 5.41) is 14.4. The number of phenolic OH excluding ortho intramolecular Hbond substituents is 1. The van der Waals surface area contributed by atoms with Gasteiger partial charge in [0.05, 0.1) is 15.7 Å². The van der Waals surface area contributed by atoms with Crippen LogP contribution in [0.2, 0.25) is 10.0 Å². The summed E-state index contributed by atoms with van der Waals surface area (Å²) < 4.78 is 0. The molecule has 2 N–H and O–H groups in total. The van der Waals surface area contributed by atoms with Crippen LogP contribution in [0.5, 0.6) is 5.75 Å². The zero-order chi connectivity index (χ0) is 17.1. The van der Waals surface area contributed by atoms with Gasteiger partial charge in [0.25, 0.3) is 0 Å². The van der Waals surface area contributed by atoms with Crippen LogP contribution in [0, 0.1) is 0 Å². The van der Waals surface area contributed by atoms with Crippen LogP contribution in [0.3, 0.4) is 0 Å². The van der Waals surface area contributed by atoms with Crippen molar-refractivity contribution in [1.29, 1.82) is 0 Å². The molecule has 1 heterocycles. The second-order valence-corrected chi connectivity index (χ2v) is 6.70. The Morgan fingerprint density at radius 1 is 1.04 bits per heavy atom. The molecule has 2 aromatic rings. The Kier molecular flexibility index (Phi) is 5.33. The maximum Gasteiger partial charge on any atom is 0.173 e. The first kappa shape index (κ1) is 17.1. The minimum atomic E-state index is 0.280. The van der Waals surface area contributed by atoms with Gasteiger partial charge >= 0.3 is 0 Å². The lowest BCUT2D eigenvalue weighted by Gasteiger charge is -2.37. The number of rotatable bonds is 2. The summed E-state index contributed by atoms with van der Waals surface area (Å²) in [6, 6.07) is 12.7. The van der Waals surface area contributed by atoms with Crippen molar-refractivity contribution in [1.82, 2.24) is 4.90 Å². The molecule has 1 aliphatic rings. The molecule has 126 valence electrons. The van der Waals surface area contributed by atoms with Crippen molar-refractivity contribution in [3.63, 3.8) is 0 Å². The van der Waals surface area contributed by atoms with Gasteiger partial charge in [0.15, 0.2) is 5.11 Å². The van der Waals surface area contributed by atoms with Crippen molar-refractivity contribution in [3.8, 4) is 5.75 Å². The molecule has 0 aromatic heterocycles. The Labute approximate surface area is 156 Å². The monoisotopic (exact) mass is 381 g/mol. The molecule has 7 heteroatoms. The minimum absolute atomic E-state index is 0.280. The van der Waals surface area contributed by atoms with Gasteiger partial charge in [0.1, 0.15) is 5.75 Å². The van der Waals surface area contributed by atoms with Gasteiger partial charge < -0.3 is 20.2 Å². The van der Waals surface area contributed by atoms with E-state index in [2.05, 4.69) is 15.1 Å². The fourth-order valence-corrected chi connectivity index (χ4v) is 3.29. The number of anilines is 2. The maximum absolute atomic E-state index is 9.61. The van der Waals surface area contributed by atoms with Crippen LogP contribution in [0.1, 0.15) is 0 Å². The molecule has 1 aliphatic heterocycles. The van der Waals surface area contributed by atoms with E-state index in [1.54, 1.807) is 18.2 Å². The Hall–Kier alpha value is -1.69. The highest BCUT2D eigenvalue weighted by molar-refractivity contribution is 7.80. The number of aromatic hydroxyl groups is 1. The lowest BCUT2D eigenvalue weighted by Crippen LogP contribution is -2.50. The molecule has 0 unspecified atom stereocenters. The van der Waals surface area contributed by atoms with Crippen molar-refractivity contribution in [2.24, 2.45) is 0 Å². The van der Waals surface area contributed by atoms with Gasteiger partial charge in [-0.25, -0.2) is 0 Å². The van der Waals surface area contributed by atoms with E-state index in [1.165, 1.54) is 0 Å². The largest absolute Gasteiger partial charge is 0.508 e. The molecule has 0 saturated carbocycles. The number of hydrogen-bond acceptors (Lipinski definition) is 3. The molecule has 24 heavy (non-hydrogen) atoms. The Morgan fingerprint density at radius 2 is 1.75 bits per heavy atom. The van der Waals surface area contributed by atoms with Crippen molar-refractivity contribution in [2.75, 3.05) is 36.4 Å². The highest BCUT2D eigenvalue weighted by Gasteiger charge is 2.20. The number of benzene rings is 2. The summed E-state index contributed by atoms with van der Waals surface area (Å²) in [7, 11) is 0. The first-order chi connectivity index (χ1) is 11.5. The van der Waals surface area contributed by atoms with Gasteiger partial charge in [-0.1, -0.05) is 35.3 Å². The van der Waals surface area contributed by atoms with Crippen LogP contribution in [0.25, 0.3) is 0 Å². The van der Waals surface area contributed by atoms with E-state index in [4.69, 9.17) is 35.4 Å². The van der Waals surface area contributed by atoms with Crippen LogP contribution in [-0.4, -0.2) is 41.3 Å². The molecule has 4 nitrogen and oxygen atoms in total. The number of thiocarbonyl (C=S) groups is 1. The molecule has 3 rings (SSSR count). The van der Waals surface area contributed by atoms with E-state index >= 15 is 0 Å². The van der Waals surface area contributed by atoms with Gasteiger partial charge in [0.2, 0.25) is 0 Å². The molecule has 1 saturated heterocycles. The number of phenols is 1. The van der Waals surface area contributed by atoms with Crippen LogP contribution in [-0.2, 0) is 0 Å². The van der Waals surface area contributed by atoms with Crippen molar-refractivity contribution in [2.45, 2.75) is 0 Å². The smallest absolute Gasteiger partial charge is 0.173 e. The molecule has 0 aliphatic carbocycles. The average molecular weight is 382 g/mol. The van der Waals surface area contributed by atoms with Gasteiger partial charge in [0, 0.05) is 37.9 Å². The summed E-state index contributed by atoms with van der Waals surface area (Å²) in [5.74, 6) is 0.280. The lowest BCUT2D eigenvalue weighted by molar-refractivity contribution is 0.390. The normalized spacial score (nSPS) is 14.6. The average Bonchev–Trinajstić information content (AvgIpc) is 2.59. The molecule has 1 fully saturated rings. The standard InChI is InChI=1S/C17H17Cl2N3OS/c18-14-5-2-6-15(16(14)19)20-17(24)22-9-7-21(8-10-22)12-3-1-4-13(23)11-12/h1-6,11,23H,7-10H2,(H,20,24). The fraction of sp³-hybridized carbons (Fsp3) is 0.235. The molecule has 0 radical (unpaired) electrons. The predicted octanol–water partition coefficient (Wildman–Crippen LogP) is 4.22. The summed E-state index contributed by atoms with van der Waals surface area (Å²) in [4.78, 5) is 4.33. The zero-order valence-electron chi connectivity index (χ0n) is 12.9. The highest BCUT2D eigenvalue weighted by atomic mass is 35.5. The Morgan fingerprint density at radius 3 is 2.46 bits per heavy atom. The molecule has 0 spiro atoms. The van der Waals surface area contributed by atoms with E-state index in [0.717, 1.165) is 31.9 Å². The number of nitrogens with zero attached hydrogens (tertiary/aromatic N) is 2. The van der Waals surface area contributed by atoms with Gasteiger partial charge in [-0.15, -0.1) is 0 Å². The Bertz CT molecular complexity index is 748. The van der Waals surface area contributed by atoms with E-state index in [0.29, 0.717) is 20.8 Å². The number of halogens is 2. The SMILES string of the molecule is Oc1cccc(N2CCN(C(=S)Nc3cccc(Cl)c3Cl)CC2)c1. The molecule has 0 atom stereocenters. The predicted molar refractivity (Wildman–Crippen MR) is 105 cm³/mol. The lowest BCUT2D eigenvalue weighted by atomic mass is 10.2. The van der Waals surface area contributed by atoms with E-state index in [-0.39, 0.29) is 5.75 Å². The molecule has 2 aromatic carbocycles. The minimum Gasteiger partial charge on any atom is -0.508 e. The highest BCUT2D eigenvalue weighted by Crippen LogP contribution is 2.30. The number of nitrogens with one attached hydrogen (secondary N) is 1. The molecular formula is C17H17Cl2N3OS. The van der Waals surface area contributed by atoms with Crippen molar-refractivity contribution in [3.05, 3.63) is 52.5 Å². The maximum atomic E-state index is 9.61. The van der Waals surface area contributed by atoms with E-state index < -0.39 is 0 Å². The molecule has 0 bridgehead atoms. The number of piperazine rings is 1. The van der Waals surface area contributed by atoms with Crippen molar-refractivity contribution >= 4 is 51.9 Å². The third kappa shape index (κ3) is 3.86. The first-order valence-corrected chi connectivity index (χ1v) is 8.75. The van der Waals surface area contributed by atoms with Gasteiger partial charge in [-0.3, -0.25) is 0 Å². The van der Waals surface area contributed by atoms with Gasteiger partial charge in [-0.05, 0) is 36.5 Å². The van der Waals surface area contributed by atoms with Crippen LogP contribution in [0.4, 0.5) is 11.4 Å². The molecule has 0 amide bonds.